The molecule has 0 aromatic heterocycles. The SMILES string of the molecule is CC(=CBr)CN[C@@H]1CO[C@@H](c2ccccc2)OC1C(C)C. The zero-order chi connectivity index (χ0) is 15.2. The van der Waals surface area contributed by atoms with Crippen molar-refractivity contribution in [2.45, 2.75) is 39.2 Å². The lowest BCUT2D eigenvalue weighted by Gasteiger charge is -2.39. The average molecular weight is 354 g/mol. The van der Waals surface area contributed by atoms with Gasteiger partial charge in [-0.3, -0.25) is 0 Å². The molecule has 1 aliphatic rings. The Kier molecular flexibility index (Phi) is 6.42. The predicted octanol–water partition coefficient (Wildman–Crippen LogP) is 4.01. The van der Waals surface area contributed by atoms with Gasteiger partial charge in [-0.1, -0.05) is 65.7 Å². The molecule has 1 aliphatic heterocycles. The van der Waals surface area contributed by atoms with E-state index < -0.39 is 0 Å². The van der Waals surface area contributed by atoms with Crippen molar-refractivity contribution in [1.29, 1.82) is 0 Å². The molecule has 1 aromatic carbocycles. The molecule has 3 nitrogen and oxygen atoms in total. The second-order valence-electron chi connectivity index (χ2n) is 5.86. The molecule has 0 bridgehead atoms. The molecule has 21 heavy (non-hydrogen) atoms. The predicted molar refractivity (Wildman–Crippen MR) is 89.3 cm³/mol. The second kappa shape index (κ2) is 8.08. The summed E-state index contributed by atoms with van der Waals surface area (Å²) in [6.45, 7) is 7.98. The molecular formula is C17H24BrNO2. The Hall–Kier alpha value is -0.680. The number of nitrogens with one attached hydrogen (secondary N) is 1. The van der Waals surface area contributed by atoms with Crippen LogP contribution in [0, 0.1) is 5.92 Å². The van der Waals surface area contributed by atoms with Crippen LogP contribution >= 0.6 is 15.9 Å². The topological polar surface area (TPSA) is 30.5 Å². The van der Waals surface area contributed by atoms with Crippen LogP contribution in [0.15, 0.2) is 40.9 Å². The summed E-state index contributed by atoms with van der Waals surface area (Å²) in [7, 11) is 0. The van der Waals surface area contributed by atoms with Gasteiger partial charge in [-0.15, -0.1) is 0 Å². The summed E-state index contributed by atoms with van der Waals surface area (Å²) in [5.41, 5.74) is 2.33. The molecule has 2 rings (SSSR count). The van der Waals surface area contributed by atoms with Gasteiger partial charge in [0.15, 0.2) is 6.29 Å². The van der Waals surface area contributed by atoms with Crippen LogP contribution in [0.25, 0.3) is 0 Å². The summed E-state index contributed by atoms with van der Waals surface area (Å²) in [5, 5.41) is 3.53. The van der Waals surface area contributed by atoms with Crippen LogP contribution in [-0.4, -0.2) is 25.3 Å². The van der Waals surface area contributed by atoms with Gasteiger partial charge in [0.2, 0.25) is 0 Å². The molecule has 1 unspecified atom stereocenters. The number of hydrogen-bond donors (Lipinski definition) is 1. The Morgan fingerprint density at radius 3 is 2.71 bits per heavy atom. The Balaban J connectivity index is 2.01. The molecule has 1 aromatic rings. The summed E-state index contributed by atoms with van der Waals surface area (Å²) < 4.78 is 12.1. The Bertz CT molecular complexity index is 461. The number of benzene rings is 1. The van der Waals surface area contributed by atoms with E-state index in [1.165, 1.54) is 5.57 Å². The lowest BCUT2D eigenvalue weighted by atomic mass is 9.98. The smallest absolute Gasteiger partial charge is 0.184 e. The van der Waals surface area contributed by atoms with Crippen molar-refractivity contribution in [2.24, 2.45) is 5.92 Å². The summed E-state index contributed by atoms with van der Waals surface area (Å²) in [6, 6.07) is 10.3. The molecule has 0 radical (unpaired) electrons. The second-order valence-corrected chi connectivity index (χ2v) is 6.32. The Morgan fingerprint density at radius 1 is 1.38 bits per heavy atom. The van der Waals surface area contributed by atoms with Gasteiger partial charge in [0.05, 0.1) is 18.8 Å². The molecule has 0 amide bonds. The Labute approximate surface area is 135 Å². The maximum absolute atomic E-state index is 6.20. The molecular weight excluding hydrogens is 330 g/mol. The number of ether oxygens (including phenoxy) is 2. The van der Waals surface area contributed by atoms with Crippen molar-refractivity contribution in [3.8, 4) is 0 Å². The van der Waals surface area contributed by atoms with Gasteiger partial charge in [-0.05, 0) is 17.8 Å². The van der Waals surface area contributed by atoms with Gasteiger partial charge in [-0.25, -0.2) is 0 Å². The molecule has 1 heterocycles. The molecule has 1 fully saturated rings. The van der Waals surface area contributed by atoms with E-state index in [-0.39, 0.29) is 18.4 Å². The van der Waals surface area contributed by atoms with E-state index >= 15 is 0 Å². The first kappa shape index (κ1) is 16.7. The van der Waals surface area contributed by atoms with Crippen LogP contribution in [0.2, 0.25) is 0 Å². The monoisotopic (exact) mass is 353 g/mol. The van der Waals surface area contributed by atoms with Gasteiger partial charge in [0, 0.05) is 12.1 Å². The van der Waals surface area contributed by atoms with Crippen molar-refractivity contribution in [3.05, 3.63) is 46.5 Å². The van der Waals surface area contributed by atoms with Crippen molar-refractivity contribution in [2.75, 3.05) is 13.2 Å². The number of halogens is 1. The van der Waals surface area contributed by atoms with E-state index in [2.05, 4.69) is 42.0 Å². The van der Waals surface area contributed by atoms with Gasteiger partial charge < -0.3 is 14.8 Å². The molecule has 4 heteroatoms. The van der Waals surface area contributed by atoms with Crippen molar-refractivity contribution >= 4 is 15.9 Å². The first-order valence-corrected chi connectivity index (χ1v) is 8.34. The minimum Gasteiger partial charge on any atom is -0.347 e. The van der Waals surface area contributed by atoms with Gasteiger partial charge in [0.1, 0.15) is 0 Å². The zero-order valence-corrected chi connectivity index (χ0v) is 14.5. The largest absolute Gasteiger partial charge is 0.347 e. The molecule has 1 saturated heterocycles. The minimum absolute atomic E-state index is 0.145. The third kappa shape index (κ3) is 4.65. The molecule has 116 valence electrons. The minimum atomic E-state index is -0.260. The van der Waals surface area contributed by atoms with E-state index in [0.29, 0.717) is 12.5 Å². The van der Waals surface area contributed by atoms with E-state index in [1.54, 1.807) is 0 Å². The molecule has 3 atom stereocenters. The highest BCUT2D eigenvalue weighted by atomic mass is 79.9. The molecule has 1 N–H and O–H groups in total. The van der Waals surface area contributed by atoms with Gasteiger partial charge >= 0.3 is 0 Å². The summed E-state index contributed by atoms with van der Waals surface area (Å²) in [6.07, 6.45) is -0.114. The van der Waals surface area contributed by atoms with E-state index in [9.17, 15) is 0 Å². The fourth-order valence-corrected chi connectivity index (χ4v) is 2.64. The highest BCUT2D eigenvalue weighted by Gasteiger charge is 2.34. The highest BCUT2D eigenvalue weighted by Crippen LogP contribution is 2.29. The quantitative estimate of drug-likeness (QED) is 0.867. The third-order valence-electron chi connectivity index (χ3n) is 3.66. The van der Waals surface area contributed by atoms with Crippen LogP contribution in [0.4, 0.5) is 0 Å². The molecule has 0 spiro atoms. The third-order valence-corrected chi connectivity index (χ3v) is 4.44. The summed E-state index contributed by atoms with van der Waals surface area (Å²) >= 11 is 3.36. The average Bonchev–Trinajstić information content (AvgIpc) is 2.53. The first-order chi connectivity index (χ1) is 10.1. The maximum Gasteiger partial charge on any atom is 0.184 e. The van der Waals surface area contributed by atoms with Crippen LogP contribution in [0.1, 0.15) is 32.6 Å². The summed E-state index contributed by atoms with van der Waals surface area (Å²) in [5.74, 6) is 0.436. The van der Waals surface area contributed by atoms with Crippen LogP contribution in [0.5, 0.6) is 0 Å². The van der Waals surface area contributed by atoms with Crippen molar-refractivity contribution in [3.63, 3.8) is 0 Å². The van der Waals surface area contributed by atoms with Crippen molar-refractivity contribution < 1.29 is 9.47 Å². The molecule has 0 saturated carbocycles. The Morgan fingerprint density at radius 2 is 2.10 bits per heavy atom. The highest BCUT2D eigenvalue weighted by molar-refractivity contribution is 9.11. The van der Waals surface area contributed by atoms with E-state index in [0.717, 1.165) is 12.1 Å². The molecule has 0 aliphatic carbocycles. The van der Waals surface area contributed by atoms with E-state index in [4.69, 9.17) is 9.47 Å². The number of rotatable bonds is 5. The fourth-order valence-electron chi connectivity index (χ4n) is 2.48. The van der Waals surface area contributed by atoms with Gasteiger partial charge in [-0.2, -0.15) is 0 Å². The standard InChI is InChI=1S/C17H24BrNO2/c1-12(2)16-15(19-10-13(3)9-18)11-20-17(21-16)14-7-5-4-6-8-14/h4-9,12,15-17,19H,10-11H2,1-3H3/t15-,16?,17-/m1/s1. The van der Waals surface area contributed by atoms with Crippen LogP contribution in [0.3, 0.4) is 0 Å². The van der Waals surface area contributed by atoms with Crippen LogP contribution < -0.4 is 5.32 Å². The summed E-state index contributed by atoms with van der Waals surface area (Å²) in [4.78, 5) is 1.95. The zero-order valence-electron chi connectivity index (χ0n) is 12.9. The maximum atomic E-state index is 6.20. The normalized spacial score (nSPS) is 27.1. The lowest BCUT2D eigenvalue weighted by Crippen LogP contribution is -2.51. The lowest BCUT2D eigenvalue weighted by molar-refractivity contribution is -0.238. The van der Waals surface area contributed by atoms with Gasteiger partial charge in [0.25, 0.3) is 0 Å². The number of hydrogen-bond acceptors (Lipinski definition) is 3. The van der Waals surface area contributed by atoms with Crippen LogP contribution in [-0.2, 0) is 9.47 Å². The van der Waals surface area contributed by atoms with Crippen molar-refractivity contribution in [1.82, 2.24) is 5.32 Å². The fraction of sp³-hybridized carbons (Fsp3) is 0.529. The first-order valence-electron chi connectivity index (χ1n) is 7.43. The van der Waals surface area contributed by atoms with E-state index in [1.807, 2.05) is 35.3 Å².